The predicted octanol–water partition coefficient (Wildman–Crippen LogP) is 3.84. The molecule has 0 aromatic heterocycles. The Bertz CT molecular complexity index is 185. The summed E-state index contributed by atoms with van der Waals surface area (Å²) >= 11 is 0. The van der Waals surface area contributed by atoms with E-state index in [4.69, 9.17) is 5.11 Å². The zero-order chi connectivity index (χ0) is 10.8. The van der Waals surface area contributed by atoms with Crippen molar-refractivity contribution in [3.05, 3.63) is 23.3 Å². The molecular weight excluding hydrogens is 172 g/mol. The van der Waals surface area contributed by atoms with E-state index in [9.17, 15) is 0 Å². The monoisotopic (exact) mass is 196 g/mol. The second-order valence-corrected chi connectivity index (χ2v) is 4.09. The van der Waals surface area contributed by atoms with Crippen LogP contribution in [0.4, 0.5) is 0 Å². The van der Waals surface area contributed by atoms with Gasteiger partial charge in [-0.05, 0) is 52.9 Å². The van der Waals surface area contributed by atoms with Crippen LogP contribution in [-0.4, -0.2) is 11.7 Å². The lowest BCUT2D eigenvalue weighted by Crippen LogP contribution is -1.82. The van der Waals surface area contributed by atoms with Gasteiger partial charge in [-0.3, -0.25) is 0 Å². The second kappa shape index (κ2) is 9.01. The maximum absolute atomic E-state index is 8.61. The van der Waals surface area contributed by atoms with Crippen molar-refractivity contribution in [2.75, 3.05) is 6.61 Å². The molecule has 1 nitrogen and oxygen atoms in total. The van der Waals surface area contributed by atoms with Gasteiger partial charge in [0.2, 0.25) is 0 Å². The molecule has 0 radical (unpaired) electrons. The van der Waals surface area contributed by atoms with Gasteiger partial charge in [0.1, 0.15) is 0 Å². The van der Waals surface area contributed by atoms with E-state index in [-0.39, 0.29) is 0 Å². The largest absolute Gasteiger partial charge is 0.396 e. The smallest absolute Gasteiger partial charge is 0.0431 e. The van der Waals surface area contributed by atoms with E-state index in [1.54, 1.807) is 0 Å². The number of aliphatic hydroxyl groups is 1. The van der Waals surface area contributed by atoms with Gasteiger partial charge in [-0.1, -0.05) is 23.3 Å². The molecule has 0 amide bonds. The van der Waals surface area contributed by atoms with Crippen LogP contribution in [0.5, 0.6) is 0 Å². The Labute approximate surface area is 88.5 Å². The van der Waals surface area contributed by atoms with Crippen molar-refractivity contribution in [2.45, 2.75) is 52.9 Å². The van der Waals surface area contributed by atoms with Crippen molar-refractivity contribution in [1.29, 1.82) is 0 Å². The molecule has 1 N–H and O–H groups in total. The Hall–Kier alpha value is -0.560. The van der Waals surface area contributed by atoms with Crippen LogP contribution in [0, 0.1) is 0 Å². The molecule has 0 aromatic carbocycles. The number of allylic oxidation sites excluding steroid dienone is 4. The zero-order valence-electron chi connectivity index (χ0n) is 9.84. The molecule has 0 rings (SSSR count). The van der Waals surface area contributed by atoms with Gasteiger partial charge in [0.25, 0.3) is 0 Å². The van der Waals surface area contributed by atoms with Crippen LogP contribution < -0.4 is 0 Å². The molecule has 82 valence electrons. The lowest BCUT2D eigenvalue weighted by Gasteiger charge is -1.99. The second-order valence-electron chi connectivity index (χ2n) is 4.09. The van der Waals surface area contributed by atoms with Crippen LogP contribution in [0.3, 0.4) is 0 Å². The van der Waals surface area contributed by atoms with Gasteiger partial charge in [-0.2, -0.15) is 0 Å². The number of aliphatic hydroxyl groups excluding tert-OH is 1. The van der Waals surface area contributed by atoms with E-state index >= 15 is 0 Å². The number of rotatable bonds is 7. The van der Waals surface area contributed by atoms with Crippen molar-refractivity contribution >= 4 is 0 Å². The van der Waals surface area contributed by atoms with Crippen LogP contribution in [0.2, 0.25) is 0 Å². The molecule has 0 bridgehead atoms. The van der Waals surface area contributed by atoms with E-state index in [0.29, 0.717) is 6.61 Å². The molecule has 0 atom stereocenters. The maximum Gasteiger partial charge on any atom is 0.0431 e. The van der Waals surface area contributed by atoms with Gasteiger partial charge in [0, 0.05) is 6.61 Å². The first-order valence-electron chi connectivity index (χ1n) is 5.56. The lowest BCUT2D eigenvalue weighted by atomic mass is 10.1. The number of hydrogen-bond donors (Lipinski definition) is 1. The van der Waals surface area contributed by atoms with Crippen molar-refractivity contribution in [1.82, 2.24) is 0 Å². The van der Waals surface area contributed by atoms with Crippen molar-refractivity contribution in [3.8, 4) is 0 Å². The van der Waals surface area contributed by atoms with E-state index in [1.807, 2.05) is 0 Å². The van der Waals surface area contributed by atoms with Crippen molar-refractivity contribution < 1.29 is 5.11 Å². The molecule has 0 saturated carbocycles. The molecule has 0 fully saturated rings. The molecular formula is C13H24O. The normalized spacial score (nSPS) is 11.6. The van der Waals surface area contributed by atoms with Gasteiger partial charge in [-0.15, -0.1) is 0 Å². The Morgan fingerprint density at radius 2 is 1.71 bits per heavy atom. The minimum atomic E-state index is 0.324. The third-order valence-corrected chi connectivity index (χ3v) is 2.20. The average molecular weight is 196 g/mol. The van der Waals surface area contributed by atoms with Gasteiger partial charge in [0.15, 0.2) is 0 Å². The Morgan fingerprint density at radius 3 is 2.29 bits per heavy atom. The van der Waals surface area contributed by atoms with E-state index in [0.717, 1.165) is 25.7 Å². The van der Waals surface area contributed by atoms with Crippen LogP contribution in [-0.2, 0) is 0 Å². The Morgan fingerprint density at radius 1 is 1.00 bits per heavy atom. The number of unbranched alkanes of at least 4 members (excludes halogenated alkanes) is 2. The quantitative estimate of drug-likeness (QED) is 0.484. The summed E-state index contributed by atoms with van der Waals surface area (Å²) in [5.74, 6) is 0. The number of hydrogen-bond acceptors (Lipinski definition) is 1. The molecule has 0 heterocycles. The molecule has 0 saturated heterocycles. The molecule has 0 aromatic rings. The standard InChI is InChI=1S/C13H24O/c1-12(2)8-7-10-13(3)9-5-4-6-11-14/h8-9,14H,4-7,10-11H2,1-3H3/b13-9+. The first kappa shape index (κ1) is 13.4. The van der Waals surface area contributed by atoms with Crippen molar-refractivity contribution in [3.63, 3.8) is 0 Å². The maximum atomic E-state index is 8.61. The SMILES string of the molecule is CC(C)=CCC/C(C)=C/CCCCO. The third kappa shape index (κ3) is 9.53. The lowest BCUT2D eigenvalue weighted by molar-refractivity contribution is 0.285. The predicted molar refractivity (Wildman–Crippen MR) is 63.4 cm³/mol. The van der Waals surface area contributed by atoms with E-state index in [2.05, 4.69) is 32.9 Å². The summed E-state index contributed by atoms with van der Waals surface area (Å²) in [6, 6.07) is 0. The Balaban J connectivity index is 3.52. The van der Waals surface area contributed by atoms with Gasteiger partial charge >= 0.3 is 0 Å². The summed E-state index contributed by atoms with van der Waals surface area (Å²) in [6.45, 7) is 6.79. The molecule has 14 heavy (non-hydrogen) atoms. The molecule has 0 unspecified atom stereocenters. The highest BCUT2D eigenvalue weighted by molar-refractivity contribution is 5.01. The zero-order valence-corrected chi connectivity index (χ0v) is 9.84. The molecule has 0 aliphatic carbocycles. The fourth-order valence-electron chi connectivity index (χ4n) is 1.30. The summed E-state index contributed by atoms with van der Waals surface area (Å²) in [5, 5.41) is 8.61. The third-order valence-electron chi connectivity index (χ3n) is 2.20. The van der Waals surface area contributed by atoms with Gasteiger partial charge < -0.3 is 5.11 Å². The minimum Gasteiger partial charge on any atom is -0.396 e. The fraction of sp³-hybridized carbons (Fsp3) is 0.692. The van der Waals surface area contributed by atoms with Gasteiger partial charge in [-0.25, -0.2) is 0 Å². The highest BCUT2D eigenvalue weighted by Gasteiger charge is 1.89. The average Bonchev–Trinajstić information content (AvgIpc) is 2.12. The summed E-state index contributed by atoms with van der Waals surface area (Å²) in [7, 11) is 0. The van der Waals surface area contributed by atoms with Crippen LogP contribution in [0.15, 0.2) is 23.3 Å². The summed E-state index contributed by atoms with van der Waals surface area (Å²) in [4.78, 5) is 0. The van der Waals surface area contributed by atoms with Crippen molar-refractivity contribution in [2.24, 2.45) is 0 Å². The highest BCUT2D eigenvalue weighted by atomic mass is 16.2. The molecule has 0 aliphatic heterocycles. The first-order valence-corrected chi connectivity index (χ1v) is 5.56. The molecule has 0 aliphatic rings. The van der Waals surface area contributed by atoms with E-state index < -0.39 is 0 Å². The van der Waals surface area contributed by atoms with Crippen LogP contribution in [0.1, 0.15) is 52.9 Å². The summed E-state index contributed by atoms with van der Waals surface area (Å²) < 4.78 is 0. The van der Waals surface area contributed by atoms with Gasteiger partial charge in [0.05, 0.1) is 0 Å². The summed E-state index contributed by atoms with van der Waals surface area (Å²) in [5.41, 5.74) is 2.87. The molecule has 1 heteroatoms. The minimum absolute atomic E-state index is 0.324. The van der Waals surface area contributed by atoms with Crippen LogP contribution >= 0.6 is 0 Å². The van der Waals surface area contributed by atoms with Crippen LogP contribution in [0.25, 0.3) is 0 Å². The fourth-order valence-corrected chi connectivity index (χ4v) is 1.30. The summed E-state index contributed by atoms with van der Waals surface area (Å²) in [6.07, 6.45) is 10.1. The van der Waals surface area contributed by atoms with E-state index in [1.165, 1.54) is 17.6 Å². The first-order chi connectivity index (χ1) is 6.66. The highest BCUT2D eigenvalue weighted by Crippen LogP contribution is 2.08. The topological polar surface area (TPSA) is 20.2 Å². The molecule has 0 spiro atoms. The Kier molecular flexibility index (Phi) is 8.65.